The fourth-order valence-corrected chi connectivity index (χ4v) is 4.21. The van der Waals surface area contributed by atoms with Crippen molar-refractivity contribution in [2.45, 2.75) is 19.9 Å². The maximum absolute atomic E-state index is 6.54. The average Bonchev–Trinajstić information content (AvgIpc) is 3.23. The standard InChI is InChI=1S/C24H26N6O/c1-16(2)21-15-29(24-28-20-8-3-4-11-22(20)31-24)13-14-30(21)23(25)27-19-10-5-9-18-17(19)7-6-12-26-18/h3-12,16,21H,13-15H2,1-2H3,(H2,25,27). The summed E-state index contributed by atoms with van der Waals surface area (Å²) in [6.07, 6.45) is 1.79. The molecule has 31 heavy (non-hydrogen) atoms. The number of benzene rings is 2. The van der Waals surface area contributed by atoms with Crippen LogP contribution in [0.3, 0.4) is 0 Å². The van der Waals surface area contributed by atoms with E-state index < -0.39 is 0 Å². The molecule has 0 radical (unpaired) electrons. The Kier molecular flexibility index (Phi) is 4.94. The van der Waals surface area contributed by atoms with E-state index in [1.165, 1.54) is 0 Å². The molecular weight excluding hydrogens is 388 g/mol. The number of rotatable bonds is 3. The van der Waals surface area contributed by atoms with Crippen molar-refractivity contribution in [3.63, 3.8) is 0 Å². The van der Waals surface area contributed by atoms with Gasteiger partial charge in [0.15, 0.2) is 11.5 Å². The number of anilines is 1. The zero-order chi connectivity index (χ0) is 21.4. The molecule has 7 heteroatoms. The van der Waals surface area contributed by atoms with Gasteiger partial charge in [0.1, 0.15) is 5.52 Å². The van der Waals surface area contributed by atoms with Crippen LogP contribution in [-0.2, 0) is 0 Å². The minimum absolute atomic E-state index is 0.195. The van der Waals surface area contributed by atoms with Crippen LogP contribution >= 0.6 is 0 Å². The monoisotopic (exact) mass is 414 g/mol. The van der Waals surface area contributed by atoms with Gasteiger partial charge in [-0.05, 0) is 42.3 Å². The van der Waals surface area contributed by atoms with Crippen molar-refractivity contribution in [2.75, 3.05) is 24.5 Å². The second-order valence-electron chi connectivity index (χ2n) is 8.23. The van der Waals surface area contributed by atoms with Gasteiger partial charge in [-0.1, -0.05) is 32.0 Å². The molecule has 158 valence electrons. The van der Waals surface area contributed by atoms with Crippen LogP contribution in [0.4, 0.5) is 11.7 Å². The molecule has 0 aliphatic carbocycles. The van der Waals surface area contributed by atoms with Crippen molar-refractivity contribution in [3.05, 3.63) is 60.8 Å². The van der Waals surface area contributed by atoms with E-state index in [0.29, 0.717) is 17.9 Å². The van der Waals surface area contributed by atoms with Gasteiger partial charge in [-0.15, -0.1) is 0 Å². The molecule has 3 heterocycles. The molecule has 0 bridgehead atoms. The Hall–Kier alpha value is -3.61. The van der Waals surface area contributed by atoms with Gasteiger partial charge in [0.05, 0.1) is 17.2 Å². The summed E-state index contributed by atoms with van der Waals surface area (Å²) >= 11 is 0. The summed E-state index contributed by atoms with van der Waals surface area (Å²) in [5.41, 5.74) is 9.99. The van der Waals surface area contributed by atoms with Crippen molar-refractivity contribution >= 4 is 39.7 Å². The fourth-order valence-electron chi connectivity index (χ4n) is 4.21. The van der Waals surface area contributed by atoms with E-state index in [-0.39, 0.29) is 6.04 Å². The van der Waals surface area contributed by atoms with Crippen molar-refractivity contribution < 1.29 is 4.42 Å². The summed E-state index contributed by atoms with van der Waals surface area (Å²) in [4.78, 5) is 18.3. The van der Waals surface area contributed by atoms with Crippen molar-refractivity contribution in [1.82, 2.24) is 14.9 Å². The Morgan fingerprint density at radius 3 is 2.74 bits per heavy atom. The van der Waals surface area contributed by atoms with E-state index in [4.69, 9.17) is 15.1 Å². The fraction of sp³-hybridized carbons (Fsp3) is 0.292. The third-order valence-corrected chi connectivity index (χ3v) is 5.89. The molecule has 1 aliphatic rings. The van der Waals surface area contributed by atoms with Gasteiger partial charge in [-0.3, -0.25) is 4.98 Å². The predicted octanol–water partition coefficient (Wildman–Crippen LogP) is 4.17. The summed E-state index contributed by atoms with van der Waals surface area (Å²) in [7, 11) is 0. The number of pyridine rings is 1. The van der Waals surface area contributed by atoms with E-state index in [9.17, 15) is 0 Å². The molecule has 1 saturated heterocycles. The zero-order valence-electron chi connectivity index (χ0n) is 17.8. The number of hydrogen-bond donors (Lipinski definition) is 1. The molecule has 0 spiro atoms. The van der Waals surface area contributed by atoms with E-state index in [1.807, 2.05) is 54.6 Å². The van der Waals surface area contributed by atoms with Gasteiger partial charge in [0, 0.05) is 31.2 Å². The predicted molar refractivity (Wildman–Crippen MR) is 125 cm³/mol. The van der Waals surface area contributed by atoms with Crippen LogP contribution < -0.4 is 10.6 Å². The van der Waals surface area contributed by atoms with Crippen LogP contribution in [0.25, 0.3) is 22.0 Å². The Bertz CT molecular complexity index is 1210. The lowest BCUT2D eigenvalue weighted by Gasteiger charge is -2.43. The highest BCUT2D eigenvalue weighted by atomic mass is 16.4. The SMILES string of the molecule is CC(C)C1CN(c2nc3ccccc3o2)CCN1C(N)=Nc1cccc2ncccc12. The number of nitrogens with zero attached hydrogens (tertiary/aromatic N) is 5. The summed E-state index contributed by atoms with van der Waals surface area (Å²) in [6.45, 7) is 6.71. The number of nitrogens with two attached hydrogens (primary N) is 1. The van der Waals surface area contributed by atoms with Crippen molar-refractivity contribution in [3.8, 4) is 0 Å². The molecule has 1 aliphatic heterocycles. The first-order valence-electron chi connectivity index (χ1n) is 10.7. The lowest BCUT2D eigenvalue weighted by molar-refractivity contribution is 0.218. The maximum atomic E-state index is 6.54. The molecule has 0 amide bonds. The van der Waals surface area contributed by atoms with Crippen LogP contribution in [0.2, 0.25) is 0 Å². The minimum Gasteiger partial charge on any atom is -0.423 e. The molecule has 4 aromatic rings. The number of guanidine groups is 1. The first kappa shape index (κ1) is 19.4. The zero-order valence-corrected chi connectivity index (χ0v) is 17.8. The Labute approximate surface area is 181 Å². The number of aliphatic imine (C=N–C) groups is 1. The molecule has 2 N–H and O–H groups in total. The maximum Gasteiger partial charge on any atom is 0.298 e. The molecule has 1 atom stereocenters. The van der Waals surface area contributed by atoms with Gasteiger partial charge in [0.25, 0.3) is 6.01 Å². The summed E-state index contributed by atoms with van der Waals surface area (Å²) < 4.78 is 6.00. The second-order valence-corrected chi connectivity index (χ2v) is 8.23. The van der Waals surface area contributed by atoms with Crippen LogP contribution in [0.5, 0.6) is 0 Å². The van der Waals surface area contributed by atoms with Crippen molar-refractivity contribution in [2.24, 2.45) is 16.6 Å². The highest BCUT2D eigenvalue weighted by Crippen LogP contribution is 2.28. The first-order valence-corrected chi connectivity index (χ1v) is 10.7. The van der Waals surface area contributed by atoms with E-state index in [0.717, 1.165) is 47.3 Å². The van der Waals surface area contributed by atoms with E-state index in [2.05, 4.69) is 33.6 Å². The number of hydrogen-bond acceptors (Lipinski definition) is 5. The van der Waals surface area contributed by atoms with Crippen LogP contribution in [0, 0.1) is 5.92 Å². The highest BCUT2D eigenvalue weighted by molar-refractivity contribution is 5.93. The molecule has 2 aromatic carbocycles. The molecule has 7 nitrogen and oxygen atoms in total. The van der Waals surface area contributed by atoms with Gasteiger partial charge in [-0.2, -0.15) is 4.98 Å². The summed E-state index contributed by atoms with van der Waals surface area (Å²) in [5.74, 6) is 0.919. The molecule has 1 fully saturated rings. The van der Waals surface area contributed by atoms with Crippen LogP contribution in [0.15, 0.2) is 70.2 Å². The summed E-state index contributed by atoms with van der Waals surface area (Å²) in [5, 5.41) is 0.999. The van der Waals surface area contributed by atoms with Crippen molar-refractivity contribution in [1.29, 1.82) is 0 Å². The average molecular weight is 415 g/mol. The number of oxazole rings is 1. The van der Waals surface area contributed by atoms with Gasteiger partial charge >= 0.3 is 0 Å². The lowest BCUT2D eigenvalue weighted by Crippen LogP contribution is -2.59. The Balaban J connectivity index is 1.42. The minimum atomic E-state index is 0.195. The van der Waals surface area contributed by atoms with Gasteiger partial charge in [0.2, 0.25) is 0 Å². The third-order valence-electron chi connectivity index (χ3n) is 5.89. The van der Waals surface area contributed by atoms with Gasteiger partial charge in [-0.25, -0.2) is 4.99 Å². The molecule has 5 rings (SSSR count). The number of aromatic nitrogens is 2. The normalized spacial score (nSPS) is 17.8. The summed E-state index contributed by atoms with van der Waals surface area (Å²) in [6, 6.07) is 18.6. The van der Waals surface area contributed by atoms with Crippen LogP contribution in [0.1, 0.15) is 13.8 Å². The van der Waals surface area contributed by atoms with Crippen LogP contribution in [-0.4, -0.2) is 46.5 Å². The molecular formula is C24H26N6O. The molecule has 1 unspecified atom stereocenters. The first-order chi connectivity index (χ1) is 15.1. The number of para-hydroxylation sites is 2. The third kappa shape index (κ3) is 3.67. The van der Waals surface area contributed by atoms with E-state index in [1.54, 1.807) is 6.20 Å². The molecule has 2 aromatic heterocycles. The Morgan fingerprint density at radius 1 is 1.06 bits per heavy atom. The lowest BCUT2D eigenvalue weighted by atomic mass is 10.00. The smallest absolute Gasteiger partial charge is 0.298 e. The highest BCUT2D eigenvalue weighted by Gasteiger charge is 2.32. The number of piperazine rings is 1. The second kappa shape index (κ2) is 7.91. The largest absolute Gasteiger partial charge is 0.423 e. The number of fused-ring (bicyclic) bond motifs is 2. The van der Waals surface area contributed by atoms with Gasteiger partial charge < -0.3 is 20.0 Å². The van der Waals surface area contributed by atoms with E-state index >= 15 is 0 Å². The Morgan fingerprint density at radius 2 is 1.90 bits per heavy atom. The topological polar surface area (TPSA) is 83.8 Å². The molecule has 0 saturated carbocycles. The quantitative estimate of drug-likeness (QED) is 0.400.